The molecule has 4 nitrogen and oxygen atoms in total. The van der Waals surface area contributed by atoms with Crippen LogP contribution in [0.25, 0.3) is 0 Å². The number of thiophene rings is 1. The van der Waals surface area contributed by atoms with Crippen molar-refractivity contribution in [2.75, 3.05) is 26.4 Å². The monoisotopic (exact) mass is 295 g/mol. The van der Waals surface area contributed by atoms with Crippen molar-refractivity contribution in [3.05, 3.63) is 21.4 Å². The summed E-state index contributed by atoms with van der Waals surface area (Å²) in [7, 11) is 0. The van der Waals surface area contributed by atoms with Gasteiger partial charge in [0.05, 0.1) is 30.7 Å². The molecule has 0 spiro atoms. The molecule has 1 unspecified atom stereocenters. The van der Waals surface area contributed by atoms with Crippen molar-refractivity contribution in [3.8, 4) is 0 Å². The van der Waals surface area contributed by atoms with Crippen LogP contribution in [-0.2, 0) is 17.6 Å². The Labute approximate surface area is 123 Å². The number of carbonyl (C=O) groups excluding carboxylic acids is 1. The second kappa shape index (κ2) is 6.24. The molecule has 2 aliphatic rings. The Bertz CT molecular complexity index is 462. The number of ether oxygens (including phenoxy) is 1. The summed E-state index contributed by atoms with van der Waals surface area (Å²) in [6, 6.07) is 1.88. The van der Waals surface area contributed by atoms with E-state index in [1.807, 2.05) is 0 Å². The molecule has 110 valence electrons. The first-order chi connectivity index (χ1) is 9.79. The third kappa shape index (κ3) is 2.75. The Morgan fingerprint density at radius 2 is 2.25 bits per heavy atom. The lowest BCUT2D eigenvalue weighted by Gasteiger charge is -2.34. The number of hydrogen-bond donors (Lipinski definition) is 1. The standard InChI is InChI=1S/C15H21NO3S/c17-9-12-10-19-7-6-16(12)15(18)14-8-11-4-2-1-3-5-13(11)20-14/h8,12,17H,1-7,9-10H2. The number of aryl methyl sites for hydroxylation is 2. The predicted molar refractivity (Wildman–Crippen MR) is 78.3 cm³/mol. The van der Waals surface area contributed by atoms with E-state index >= 15 is 0 Å². The number of fused-ring (bicyclic) bond motifs is 1. The van der Waals surface area contributed by atoms with Crippen LogP contribution in [0.2, 0.25) is 0 Å². The zero-order valence-electron chi connectivity index (χ0n) is 11.6. The zero-order chi connectivity index (χ0) is 13.9. The summed E-state index contributed by atoms with van der Waals surface area (Å²) in [6.45, 7) is 1.55. The van der Waals surface area contributed by atoms with Crippen LogP contribution in [0.1, 0.15) is 39.4 Å². The Morgan fingerprint density at radius 3 is 3.10 bits per heavy atom. The van der Waals surface area contributed by atoms with Gasteiger partial charge in [-0.3, -0.25) is 4.79 Å². The predicted octanol–water partition coefficient (Wildman–Crippen LogP) is 1.85. The highest BCUT2D eigenvalue weighted by Gasteiger charge is 2.29. The molecule has 2 heterocycles. The van der Waals surface area contributed by atoms with Gasteiger partial charge in [-0.2, -0.15) is 0 Å². The third-order valence-corrected chi connectivity index (χ3v) is 5.38. The topological polar surface area (TPSA) is 49.8 Å². The fourth-order valence-corrected chi connectivity index (χ4v) is 4.20. The van der Waals surface area contributed by atoms with E-state index in [0.29, 0.717) is 19.8 Å². The minimum Gasteiger partial charge on any atom is -0.394 e. The van der Waals surface area contributed by atoms with E-state index in [1.54, 1.807) is 16.2 Å². The number of rotatable bonds is 2. The van der Waals surface area contributed by atoms with Gasteiger partial charge in [-0.05, 0) is 37.3 Å². The van der Waals surface area contributed by atoms with Crippen molar-refractivity contribution in [2.45, 2.75) is 38.1 Å². The molecule has 1 N–H and O–H groups in total. The van der Waals surface area contributed by atoms with E-state index in [9.17, 15) is 9.90 Å². The maximum atomic E-state index is 12.6. The molecule has 1 atom stereocenters. The molecule has 1 aliphatic carbocycles. The second-order valence-corrected chi connectivity index (χ2v) is 6.67. The van der Waals surface area contributed by atoms with Gasteiger partial charge in [0.1, 0.15) is 0 Å². The van der Waals surface area contributed by atoms with Gasteiger partial charge in [0.15, 0.2) is 0 Å². The molecule has 0 aromatic carbocycles. The normalized spacial score (nSPS) is 23.2. The molecule has 1 amide bonds. The highest BCUT2D eigenvalue weighted by Crippen LogP contribution is 2.30. The number of nitrogens with zero attached hydrogens (tertiary/aromatic N) is 1. The van der Waals surface area contributed by atoms with Crippen molar-refractivity contribution in [3.63, 3.8) is 0 Å². The van der Waals surface area contributed by atoms with Crippen molar-refractivity contribution in [1.29, 1.82) is 0 Å². The molecule has 5 heteroatoms. The fraction of sp³-hybridized carbons (Fsp3) is 0.667. The van der Waals surface area contributed by atoms with Crippen molar-refractivity contribution >= 4 is 17.2 Å². The summed E-state index contributed by atoms with van der Waals surface area (Å²) in [5.41, 5.74) is 1.37. The number of aliphatic hydroxyl groups is 1. The number of morpholine rings is 1. The van der Waals surface area contributed by atoms with Crippen molar-refractivity contribution in [2.24, 2.45) is 0 Å². The number of amides is 1. The molecule has 3 rings (SSSR count). The summed E-state index contributed by atoms with van der Waals surface area (Å²) >= 11 is 1.65. The first-order valence-electron chi connectivity index (χ1n) is 7.40. The number of carbonyl (C=O) groups is 1. The van der Waals surface area contributed by atoms with Crippen molar-refractivity contribution < 1.29 is 14.6 Å². The highest BCUT2D eigenvalue weighted by molar-refractivity contribution is 7.14. The van der Waals surface area contributed by atoms with Crippen LogP contribution in [0.3, 0.4) is 0 Å². The molecule has 0 radical (unpaired) electrons. The smallest absolute Gasteiger partial charge is 0.264 e. The van der Waals surface area contributed by atoms with Crippen LogP contribution in [0.15, 0.2) is 6.07 Å². The molecule has 0 saturated carbocycles. The molecule has 1 aliphatic heterocycles. The Hall–Kier alpha value is -0.910. The molecule has 20 heavy (non-hydrogen) atoms. The van der Waals surface area contributed by atoms with E-state index in [-0.39, 0.29) is 18.6 Å². The van der Waals surface area contributed by atoms with Gasteiger partial charge in [-0.1, -0.05) is 6.42 Å². The van der Waals surface area contributed by atoms with E-state index in [4.69, 9.17) is 4.74 Å². The summed E-state index contributed by atoms with van der Waals surface area (Å²) in [6.07, 6.45) is 5.97. The average molecular weight is 295 g/mol. The summed E-state index contributed by atoms with van der Waals surface area (Å²) in [5.74, 6) is 0.0606. The highest BCUT2D eigenvalue weighted by atomic mass is 32.1. The summed E-state index contributed by atoms with van der Waals surface area (Å²) in [5, 5.41) is 9.39. The van der Waals surface area contributed by atoms with E-state index < -0.39 is 0 Å². The second-order valence-electron chi connectivity index (χ2n) is 5.53. The maximum Gasteiger partial charge on any atom is 0.264 e. The minimum atomic E-state index is -0.196. The molecule has 1 aromatic rings. The van der Waals surface area contributed by atoms with Gasteiger partial charge in [0.2, 0.25) is 0 Å². The van der Waals surface area contributed by atoms with Crippen LogP contribution < -0.4 is 0 Å². The lowest BCUT2D eigenvalue weighted by molar-refractivity contribution is -0.0181. The van der Waals surface area contributed by atoms with E-state index in [1.165, 1.54) is 29.7 Å². The largest absolute Gasteiger partial charge is 0.394 e. The minimum absolute atomic E-state index is 0.0309. The third-order valence-electron chi connectivity index (χ3n) is 4.16. The lowest BCUT2D eigenvalue weighted by Crippen LogP contribution is -2.50. The van der Waals surface area contributed by atoms with E-state index in [0.717, 1.165) is 17.7 Å². The van der Waals surface area contributed by atoms with Gasteiger partial charge in [-0.25, -0.2) is 0 Å². The first-order valence-corrected chi connectivity index (χ1v) is 8.22. The molecular formula is C15H21NO3S. The average Bonchev–Trinajstić information content (AvgIpc) is 2.77. The molecular weight excluding hydrogens is 274 g/mol. The van der Waals surface area contributed by atoms with Crippen LogP contribution in [-0.4, -0.2) is 48.3 Å². The van der Waals surface area contributed by atoms with Crippen LogP contribution in [0, 0.1) is 0 Å². The van der Waals surface area contributed by atoms with Crippen molar-refractivity contribution in [1.82, 2.24) is 4.90 Å². The summed E-state index contributed by atoms with van der Waals surface area (Å²) < 4.78 is 5.34. The van der Waals surface area contributed by atoms with Gasteiger partial charge in [-0.15, -0.1) is 11.3 Å². The van der Waals surface area contributed by atoms with Crippen LogP contribution in [0.4, 0.5) is 0 Å². The number of aliphatic hydroxyl groups excluding tert-OH is 1. The Kier molecular flexibility index (Phi) is 4.38. The van der Waals surface area contributed by atoms with E-state index in [2.05, 4.69) is 6.07 Å². The molecule has 1 saturated heterocycles. The van der Waals surface area contributed by atoms with Gasteiger partial charge < -0.3 is 14.7 Å². The first kappa shape index (κ1) is 14.0. The number of hydrogen-bond acceptors (Lipinski definition) is 4. The molecule has 1 aromatic heterocycles. The van der Waals surface area contributed by atoms with Gasteiger partial charge >= 0.3 is 0 Å². The van der Waals surface area contributed by atoms with Gasteiger partial charge in [0.25, 0.3) is 5.91 Å². The van der Waals surface area contributed by atoms with Gasteiger partial charge in [0, 0.05) is 11.4 Å². The Morgan fingerprint density at radius 1 is 1.40 bits per heavy atom. The molecule has 0 bridgehead atoms. The van der Waals surface area contributed by atoms with Crippen LogP contribution >= 0.6 is 11.3 Å². The quantitative estimate of drug-likeness (QED) is 0.847. The SMILES string of the molecule is O=C(c1cc2c(s1)CCCCC2)N1CCOCC1CO. The molecule has 1 fully saturated rings. The Balaban J connectivity index is 1.79. The van der Waals surface area contributed by atoms with Crippen LogP contribution in [0.5, 0.6) is 0 Å². The zero-order valence-corrected chi connectivity index (χ0v) is 12.5. The summed E-state index contributed by atoms with van der Waals surface area (Å²) in [4.78, 5) is 16.6. The lowest BCUT2D eigenvalue weighted by atomic mass is 10.1. The fourth-order valence-electron chi connectivity index (χ4n) is 2.99. The maximum absolute atomic E-state index is 12.6.